The highest BCUT2D eigenvalue weighted by molar-refractivity contribution is 5.97. The largest absolute Gasteiger partial charge is 0.474 e. The lowest BCUT2D eigenvalue weighted by Crippen LogP contribution is -2.17. The molecule has 2 unspecified atom stereocenters. The zero-order chi connectivity index (χ0) is 35.6. The second kappa shape index (κ2) is 12.0. The second-order valence-corrected chi connectivity index (χ2v) is 17.3. The molecule has 2 aromatic carbocycles. The zero-order valence-corrected chi connectivity index (χ0v) is 30.5. The van der Waals surface area contributed by atoms with Gasteiger partial charge in [0.1, 0.15) is 36.7 Å². The normalized spacial score (nSPS) is 19.1. The highest BCUT2D eigenvalue weighted by Gasteiger charge is 2.36. The summed E-state index contributed by atoms with van der Waals surface area (Å²) in [6.07, 6.45) is -4.62. The number of hydrogen-bond acceptors (Lipinski definition) is 5. The van der Waals surface area contributed by atoms with E-state index in [2.05, 4.69) is 124 Å². The molecule has 2 aliphatic heterocycles. The fourth-order valence-corrected chi connectivity index (χ4v) is 5.70. The lowest BCUT2D eigenvalue weighted by Gasteiger charge is -2.26. The van der Waals surface area contributed by atoms with E-state index in [4.69, 9.17) is 19.5 Å². The fourth-order valence-electron chi connectivity index (χ4n) is 5.70. The van der Waals surface area contributed by atoms with E-state index < -0.39 is 11.7 Å². The van der Waals surface area contributed by atoms with Crippen molar-refractivity contribution in [3.8, 4) is 0 Å². The number of benzene rings is 2. The van der Waals surface area contributed by atoms with E-state index in [0.717, 1.165) is 23.3 Å². The first kappa shape index (κ1) is 35.6. The number of hydrogen-bond donors (Lipinski definition) is 0. The van der Waals surface area contributed by atoms with Crippen LogP contribution in [-0.2, 0) is 37.3 Å². The Hall–Kier alpha value is -3.68. The number of aromatic nitrogens is 1. The summed E-state index contributed by atoms with van der Waals surface area (Å²) in [5.74, 6) is 0.155. The molecule has 3 aromatic rings. The Balaban J connectivity index is 1.54. The summed E-state index contributed by atoms with van der Waals surface area (Å²) in [6, 6.07) is 14.2. The summed E-state index contributed by atoms with van der Waals surface area (Å²) < 4.78 is 54.6. The molecule has 0 amide bonds. The van der Waals surface area contributed by atoms with Gasteiger partial charge in [0.2, 0.25) is 11.8 Å². The standard InChI is InChI=1S/C40H50F3N3O2/c1-36(2,3)25-13-23(14-26(17-25)37(4,5)6)32-21-47-34(45-32)30-19-29(40(41,42)43)20-31(44-30)35-46-33(22-48-35)24-15-27(38(7,8)9)18-28(16-24)39(10,11)12/h13-20,32-33H,21-22H2,1-12H3. The molecular formula is C40H50F3N3O2. The Kier molecular flexibility index (Phi) is 8.93. The molecule has 0 N–H and O–H groups in total. The Morgan fingerprint density at radius 3 is 1.06 bits per heavy atom. The van der Waals surface area contributed by atoms with Gasteiger partial charge in [-0.2, -0.15) is 13.2 Å². The highest BCUT2D eigenvalue weighted by Crippen LogP contribution is 2.38. The van der Waals surface area contributed by atoms with Gasteiger partial charge in [-0.05, 0) is 67.2 Å². The van der Waals surface area contributed by atoms with E-state index in [1.807, 2.05) is 0 Å². The highest BCUT2D eigenvalue weighted by atomic mass is 19.4. The third kappa shape index (κ3) is 7.79. The average Bonchev–Trinajstić information content (AvgIpc) is 3.65. The quantitative estimate of drug-likeness (QED) is 0.280. The van der Waals surface area contributed by atoms with E-state index in [9.17, 15) is 13.2 Å². The molecule has 3 heterocycles. The number of rotatable bonds is 4. The fraction of sp³-hybridized carbons (Fsp3) is 0.525. The third-order valence-electron chi connectivity index (χ3n) is 9.04. The van der Waals surface area contributed by atoms with Crippen molar-refractivity contribution >= 4 is 11.8 Å². The van der Waals surface area contributed by atoms with Gasteiger partial charge in [-0.25, -0.2) is 15.0 Å². The van der Waals surface area contributed by atoms with Gasteiger partial charge < -0.3 is 9.47 Å². The molecular weight excluding hydrogens is 611 g/mol. The van der Waals surface area contributed by atoms with E-state index in [0.29, 0.717) is 0 Å². The molecule has 0 saturated carbocycles. The van der Waals surface area contributed by atoms with Gasteiger partial charge >= 0.3 is 6.18 Å². The van der Waals surface area contributed by atoms with Crippen molar-refractivity contribution in [1.29, 1.82) is 0 Å². The van der Waals surface area contributed by atoms with E-state index in [-0.39, 0.29) is 70.1 Å². The lowest BCUT2D eigenvalue weighted by atomic mass is 9.79. The first-order valence-electron chi connectivity index (χ1n) is 16.7. The maximum atomic E-state index is 14.2. The molecule has 2 aliphatic rings. The minimum absolute atomic E-state index is 0.00449. The second-order valence-electron chi connectivity index (χ2n) is 17.3. The number of alkyl halides is 3. The molecule has 5 rings (SSSR count). The zero-order valence-electron chi connectivity index (χ0n) is 30.5. The van der Waals surface area contributed by atoms with Crippen molar-refractivity contribution in [2.24, 2.45) is 9.98 Å². The van der Waals surface area contributed by atoms with Crippen LogP contribution in [0.3, 0.4) is 0 Å². The number of aliphatic imine (C=N–C) groups is 2. The first-order chi connectivity index (χ1) is 21.9. The predicted octanol–water partition coefficient (Wildman–Crippen LogP) is 10.3. The number of nitrogens with zero attached hydrogens (tertiary/aromatic N) is 3. The first-order valence-corrected chi connectivity index (χ1v) is 16.7. The average molecular weight is 662 g/mol. The smallest absolute Gasteiger partial charge is 0.416 e. The van der Waals surface area contributed by atoms with Crippen LogP contribution in [0.1, 0.15) is 146 Å². The van der Waals surface area contributed by atoms with Crippen LogP contribution in [0.25, 0.3) is 0 Å². The lowest BCUT2D eigenvalue weighted by molar-refractivity contribution is -0.137. The summed E-state index contributed by atoms with van der Waals surface area (Å²) >= 11 is 0. The van der Waals surface area contributed by atoms with Gasteiger partial charge in [0, 0.05) is 0 Å². The number of ether oxygens (including phenoxy) is 2. The molecule has 258 valence electrons. The monoisotopic (exact) mass is 661 g/mol. The molecule has 1 aromatic heterocycles. The van der Waals surface area contributed by atoms with Gasteiger partial charge in [-0.3, -0.25) is 0 Å². The van der Waals surface area contributed by atoms with E-state index in [1.165, 1.54) is 22.3 Å². The Morgan fingerprint density at radius 1 is 0.479 bits per heavy atom. The van der Waals surface area contributed by atoms with Crippen LogP contribution in [0.15, 0.2) is 58.5 Å². The minimum Gasteiger partial charge on any atom is -0.474 e. The van der Waals surface area contributed by atoms with Gasteiger partial charge in [-0.15, -0.1) is 0 Å². The Bertz CT molecular complexity index is 1580. The van der Waals surface area contributed by atoms with Crippen molar-refractivity contribution in [1.82, 2.24) is 4.98 Å². The van der Waals surface area contributed by atoms with Gasteiger partial charge in [0.15, 0.2) is 0 Å². The van der Waals surface area contributed by atoms with Crippen LogP contribution in [0.4, 0.5) is 13.2 Å². The molecule has 0 bridgehead atoms. The van der Waals surface area contributed by atoms with Gasteiger partial charge in [-0.1, -0.05) is 119 Å². The number of pyridine rings is 1. The van der Waals surface area contributed by atoms with Gasteiger partial charge in [0.25, 0.3) is 0 Å². The van der Waals surface area contributed by atoms with Crippen molar-refractivity contribution in [3.05, 3.63) is 98.9 Å². The van der Waals surface area contributed by atoms with Crippen molar-refractivity contribution < 1.29 is 22.6 Å². The van der Waals surface area contributed by atoms with Crippen LogP contribution < -0.4 is 0 Å². The molecule has 48 heavy (non-hydrogen) atoms. The summed E-state index contributed by atoms with van der Waals surface area (Å²) in [5, 5.41) is 0. The Labute approximate surface area is 284 Å². The molecule has 0 spiro atoms. The van der Waals surface area contributed by atoms with E-state index >= 15 is 0 Å². The molecule has 0 aliphatic carbocycles. The predicted molar refractivity (Wildman–Crippen MR) is 187 cm³/mol. The van der Waals surface area contributed by atoms with Crippen molar-refractivity contribution in [2.45, 2.75) is 123 Å². The summed E-state index contributed by atoms with van der Waals surface area (Å²) in [4.78, 5) is 14.1. The van der Waals surface area contributed by atoms with E-state index in [1.54, 1.807) is 0 Å². The topological polar surface area (TPSA) is 56.1 Å². The molecule has 0 saturated heterocycles. The molecule has 0 fully saturated rings. The summed E-state index contributed by atoms with van der Waals surface area (Å²) in [6.45, 7) is 26.4. The molecule has 5 nitrogen and oxygen atoms in total. The maximum Gasteiger partial charge on any atom is 0.416 e. The number of halogens is 3. The van der Waals surface area contributed by atoms with Crippen molar-refractivity contribution in [2.75, 3.05) is 13.2 Å². The molecule has 2 atom stereocenters. The van der Waals surface area contributed by atoms with Crippen LogP contribution in [0, 0.1) is 0 Å². The SMILES string of the molecule is CC(C)(C)c1cc(C2COC(c3cc(C(F)(F)F)cc(C4=NC(c5cc(C(C)(C)C)cc(C(C)(C)C)c5)CO4)n3)=N2)cc(C(C)(C)C)c1. The van der Waals surface area contributed by atoms with Crippen molar-refractivity contribution in [3.63, 3.8) is 0 Å². The van der Waals surface area contributed by atoms with Gasteiger partial charge in [0.05, 0.1) is 5.56 Å². The molecule has 0 radical (unpaired) electrons. The maximum absolute atomic E-state index is 14.2. The van der Waals surface area contributed by atoms with Crippen LogP contribution in [0.2, 0.25) is 0 Å². The third-order valence-corrected chi connectivity index (χ3v) is 9.04. The Morgan fingerprint density at radius 2 is 0.792 bits per heavy atom. The van der Waals surface area contributed by atoms with Crippen LogP contribution >= 0.6 is 0 Å². The van der Waals surface area contributed by atoms with Crippen LogP contribution in [-0.4, -0.2) is 30.0 Å². The van der Waals surface area contributed by atoms with Crippen LogP contribution in [0.5, 0.6) is 0 Å². The summed E-state index contributed by atoms with van der Waals surface area (Å²) in [7, 11) is 0. The minimum atomic E-state index is -4.62. The molecule has 8 heteroatoms. The summed E-state index contributed by atoms with van der Waals surface area (Å²) in [5.41, 5.74) is 5.37.